The summed E-state index contributed by atoms with van der Waals surface area (Å²) in [4.78, 5) is 0. The van der Waals surface area contributed by atoms with Crippen molar-refractivity contribution in [1.82, 2.24) is 5.32 Å². The van der Waals surface area contributed by atoms with Gasteiger partial charge in [0.15, 0.2) is 23.0 Å². The van der Waals surface area contributed by atoms with Crippen molar-refractivity contribution in [2.24, 2.45) is 0 Å². The third-order valence-electron chi connectivity index (χ3n) is 5.03. The van der Waals surface area contributed by atoms with Crippen molar-refractivity contribution >= 4 is 27.5 Å². The molecule has 3 rings (SSSR count). The molecule has 0 radical (unpaired) electrons. The van der Waals surface area contributed by atoms with Gasteiger partial charge in [0.1, 0.15) is 6.61 Å². The molecule has 0 aromatic heterocycles. The predicted molar refractivity (Wildman–Crippen MR) is 136 cm³/mol. The fourth-order valence-electron chi connectivity index (χ4n) is 3.36. The average molecular weight is 535 g/mol. The summed E-state index contributed by atoms with van der Waals surface area (Å²) in [6.07, 6.45) is 0.877. The van der Waals surface area contributed by atoms with Crippen LogP contribution in [0, 0.1) is 0 Å². The maximum atomic E-state index is 6.07. The highest BCUT2D eigenvalue weighted by molar-refractivity contribution is 9.10. The van der Waals surface area contributed by atoms with Gasteiger partial charge in [-0.05, 0) is 88.9 Å². The topological polar surface area (TPSA) is 49.0 Å². The van der Waals surface area contributed by atoms with Crippen LogP contribution in [0.15, 0.2) is 59.1 Å². The third kappa shape index (κ3) is 7.29. The average Bonchev–Trinajstić information content (AvgIpc) is 2.82. The van der Waals surface area contributed by atoms with Crippen LogP contribution in [0.3, 0.4) is 0 Å². The number of benzene rings is 3. The van der Waals surface area contributed by atoms with E-state index in [9.17, 15) is 0 Å². The molecule has 7 heteroatoms. The minimum absolute atomic E-state index is 0.429. The molecule has 0 saturated heterocycles. The Morgan fingerprint density at radius 1 is 0.818 bits per heavy atom. The predicted octanol–water partition coefficient (Wildman–Crippen LogP) is 6.43. The summed E-state index contributed by atoms with van der Waals surface area (Å²) < 4.78 is 23.5. The second-order valence-electron chi connectivity index (χ2n) is 7.37. The maximum absolute atomic E-state index is 6.07. The summed E-state index contributed by atoms with van der Waals surface area (Å²) in [6.45, 7) is 4.49. The van der Waals surface area contributed by atoms with E-state index in [-0.39, 0.29) is 0 Å². The fourth-order valence-corrected chi connectivity index (χ4v) is 4.09. The molecule has 0 bridgehead atoms. The van der Waals surface area contributed by atoms with Crippen LogP contribution in [0.1, 0.15) is 23.6 Å². The highest BCUT2D eigenvalue weighted by Crippen LogP contribution is 2.37. The fraction of sp³-hybridized carbons (Fsp3) is 0.308. The highest BCUT2D eigenvalue weighted by Gasteiger charge is 2.13. The number of methoxy groups -OCH3 is 2. The number of hydrogen-bond acceptors (Lipinski definition) is 5. The molecule has 0 unspecified atom stereocenters. The number of halogens is 2. The smallest absolute Gasteiger partial charge is 0.175 e. The first-order chi connectivity index (χ1) is 16.0. The van der Waals surface area contributed by atoms with Gasteiger partial charge in [0.05, 0.1) is 25.3 Å². The molecule has 0 fully saturated rings. The molecule has 33 heavy (non-hydrogen) atoms. The van der Waals surface area contributed by atoms with E-state index in [1.54, 1.807) is 14.2 Å². The molecule has 0 aliphatic heterocycles. The van der Waals surface area contributed by atoms with E-state index in [2.05, 4.69) is 33.4 Å². The highest BCUT2D eigenvalue weighted by atomic mass is 79.9. The second kappa shape index (κ2) is 12.7. The van der Waals surface area contributed by atoms with Gasteiger partial charge in [-0.15, -0.1) is 0 Å². The Morgan fingerprint density at radius 2 is 1.52 bits per heavy atom. The zero-order chi connectivity index (χ0) is 23.6. The van der Waals surface area contributed by atoms with Crippen molar-refractivity contribution in [3.63, 3.8) is 0 Å². The van der Waals surface area contributed by atoms with Crippen LogP contribution in [0.5, 0.6) is 23.0 Å². The van der Waals surface area contributed by atoms with Crippen LogP contribution in [-0.4, -0.2) is 27.4 Å². The largest absolute Gasteiger partial charge is 0.493 e. The summed E-state index contributed by atoms with van der Waals surface area (Å²) in [5.74, 6) is 2.90. The molecule has 5 nitrogen and oxygen atoms in total. The zero-order valence-electron chi connectivity index (χ0n) is 19.1. The lowest BCUT2D eigenvalue weighted by molar-refractivity contribution is 0.267. The normalized spacial score (nSPS) is 10.7. The van der Waals surface area contributed by atoms with Gasteiger partial charge in [-0.2, -0.15) is 0 Å². The quantitative estimate of drug-likeness (QED) is 0.271. The van der Waals surface area contributed by atoms with E-state index in [0.717, 1.165) is 45.8 Å². The van der Waals surface area contributed by atoms with Gasteiger partial charge < -0.3 is 24.3 Å². The van der Waals surface area contributed by atoms with Gasteiger partial charge >= 0.3 is 0 Å². The maximum Gasteiger partial charge on any atom is 0.175 e. The van der Waals surface area contributed by atoms with Crippen molar-refractivity contribution in [2.75, 3.05) is 27.4 Å². The van der Waals surface area contributed by atoms with Gasteiger partial charge in [0, 0.05) is 11.6 Å². The van der Waals surface area contributed by atoms with Gasteiger partial charge in [-0.25, -0.2) is 0 Å². The second-order valence-corrected chi connectivity index (χ2v) is 8.66. The van der Waals surface area contributed by atoms with Crippen LogP contribution in [0.4, 0.5) is 0 Å². The van der Waals surface area contributed by atoms with E-state index in [1.807, 2.05) is 49.4 Å². The van der Waals surface area contributed by atoms with Gasteiger partial charge in [0.25, 0.3) is 0 Å². The van der Waals surface area contributed by atoms with Crippen LogP contribution in [0.25, 0.3) is 0 Å². The van der Waals surface area contributed by atoms with E-state index in [1.165, 1.54) is 5.56 Å². The molecule has 1 N–H and O–H groups in total. The van der Waals surface area contributed by atoms with Crippen molar-refractivity contribution < 1.29 is 18.9 Å². The Hall–Kier alpha value is -2.41. The van der Waals surface area contributed by atoms with Gasteiger partial charge in [-0.1, -0.05) is 29.8 Å². The Kier molecular flexibility index (Phi) is 9.73. The monoisotopic (exact) mass is 533 g/mol. The number of hydrogen-bond donors (Lipinski definition) is 1. The van der Waals surface area contributed by atoms with E-state index < -0.39 is 0 Å². The lowest BCUT2D eigenvalue weighted by atomic mass is 10.1. The minimum Gasteiger partial charge on any atom is -0.493 e. The molecule has 0 amide bonds. The Balaban J connectivity index is 1.59. The Morgan fingerprint density at radius 3 is 2.21 bits per heavy atom. The van der Waals surface area contributed by atoms with Crippen LogP contribution >= 0.6 is 27.5 Å². The van der Waals surface area contributed by atoms with Gasteiger partial charge in [0.2, 0.25) is 0 Å². The molecule has 0 aliphatic carbocycles. The van der Waals surface area contributed by atoms with E-state index >= 15 is 0 Å². The third-order valence-corrected chi connectivity index (χ3v) is 5.87. The number of nitrogens with one attached hydrogen (secondary N) is 1. The minimum atomic E-state index is 0.429. The lowest BCUT2D eigenvalue weighted by Crippen LogP contribution is -2.17. The first-order valence-electron chi connectivity index (χ1n) is 10.8. The summed E-state index contributed by atoms with van der Waals surface area (Å²) in [5.41, 5.74) is 3.33. The van der Waals surface area contributed by atoms with Crippen molar-refractivity contribution in [3.05, 3.63) is 80.8 Å². The molecular weight excluding hydrogens is 506 g/mol. The zero-order valence-corrected chi connectivity index (χ0v) is 21.5. The first-order valence-corrected chi connectivity index (χ1v) is 11.9. The summed E-state index contributed by atoms with van der Waals surface area (Å²) in [7, 11) is 3.29. The van der Waals surface area contributed by atoms with E-state index in [4.69, 9.17) is 30.5 Å². The van der Waals surface area contributed by atoms with Crippen LogP contribution < -0.4 is 24.3 Å². The Bertz CT molecular complexity index is 1040. The molecule has 0 atom stereocenters. The summed E-state index contributed by atoms with van der Waals surface area (Å²) in [6, 6.07) is 17.7. The van der Waals surface area contributed by atoms with Gasteiger partial charge in [-0.3, -0.25) is 0 Å². The molecule has 0 heterocycles. The molecule has 3 aromatic rings. The van der Waals surface area contributed by atoms with Crippen LogP contribution in [0.2, 0.25) is 5.02 Å². The van der Waals surface area contributed by atoms with Crippen molar-refractivity contribution in [1.29, 1.82) is 0 Å². The van der Waals surface area contributed by atoms with Crippen LogP contribution in [-0.2, 0) is 19.6 Å². The Labute approximate surface area is 209 Å². The number of ether oxygens (including phenoxy) is 4. The standard InChI is InChI=1S/C26H29BrClNO4/c1-4-32-25-15-20(13-22(27)26(25)33-17-19-5-8-21(28)9-6-19)16-29-12-11-18-7-10-23(30-2)24(14-18)31-3/h5-10,13-15,29H,4,11-12,16-17H2,1-3H3. The molecule has 3 aromatic carbocycles. The lowest BCUT2D eigenvalue weighted by Gasteiger charge is -2.16. The molecule has 0 spiro atoms. The molecular formula is C26H29BrClNO4. The van der Waals surface area contributed by atoms with E-state index in [0.29, 0.717) is 30.5 Å². The van der Waals surface area contributed by atoms with Crippen molar-refractivity contribution in [2.45, 2.75) is 26.5 Å². The summed E-state index contributed by atoms with van der Waals surface area (Å²) >= 11 is 9.61. The number of rotatable bonds is 12. The first kappa shape index (κ1) is 25.2. The molecule has 0 aliphatic rings. The molecule has 0 saturated carbocycles. The summed E-state index contributed by atoms with van der Waals surface area (Å²) in [5, 5.41) is 4.20. The SMILES string of the molecule is CCOc1cc(CNCCc2ccc(OC)c(OC)c2)cc(Br)c1OCc1ccc(Cl)cc1. The van der Waals surface area contributed by atoms with Crippen molar-refractivity contribution in [3.8, 4) is 23.0 Å². The molecule has 176 valence electrons.